The molecule has 1 N–H and O–H groups in total. The smallest absolute Gasteiger partial charge is 0.228 e. The highest BCUT2D eigenvalue weighted by Gasteiger charge is 2.24. The summed E-state index contributed by atoms with van der Waals surface area (Å²) in [6.45, 7) is 2.49. The van der Waals surface area contributed by atoms with E-state index < -0.39 is 0 Å². The van der Waals surface area contributed by atoms with Crippen LogP contribution in [0.2, 0.25) is 10.0 Å². The Morgan fingerprint density at radius 3 is 2.92 bits per heavy atom. The van der Waals surface area contributed by atoms with Gasteiger partial charge in [-0.05, 0) is 24.1 Å². The summed E-state index contributed by atoms with van der Waals surface area (Å²) in [5, 5.41) is 4.87. The maximum Gasteiger partial charge on any atom is 0.228 e. The molecule has 2 aromatic rings. The fourth-order valence-corrected chi connectivity index (χ4v) is 3.10. The summed E-state index contributed by atoms with van der Waals surface area (Å²) in [5.74, 6) is 1.29. The van der Waals surface area contributed by atoms with Crippen LogP contribution < -0.4 is 15.0 Å². The first-order valence-corrected chi connectivity index (χ1v) is 8.20. The lowest BCUT2D eigenvalue weighted by molar-refractivity contribution is 0.397. The van der Waals surface area contributed by atoms with Crippen molar-refractivity contribution in [2.24, 2.45) is 0 Å². The third kappa shape index (κ3) is 4.63. The predicted molar refractivity (Wildman–Crippen MR) is 99.8 cm³/mol. The van der Waals surface area contributed by atoms with Crippen LogP contribution >= 0.6 is 35.6 Å². The summed E-state index contributed by atoms with van der Waals surface area (Å²) < 4.78 is 5.15. The van der Waals surface area contributed by atoms with Crippen LogP contribution in [0, 0.1) is 0 Å². The van der Waals surface area contributed by atoms with E-state index in [1.165, 1.54) is 0 Å². The van der Waals surface area contributed by atoms with E-state index in [0.717, 1.165) is 25.1 Å². The van der Waals surface area contributed by atoms with Crippen LogP contribution in [0.15, 0.2) is 30.5 Å². The standard InChI is InChI=1S/C16H18Cl2N4O.ClH/c1-23-15-4-6-19-16(21-15)22-7-5-13(10-22)20-9-11-2-3-12(17)8-14(11)18;/h2-4,6,8,13,20H,5,7,9-10H2,1H3;1H. The van der Waals surface area contributed by atoms with E-state index in [2.05, 4.69) is 20.2 Å². The first-order valence-electron chi connectivity index (χ1n) is 7.45. The van der Waals surface area contributed by atoms with Gasteiger partial charge in [-0.25, -0.2) is 4.98 Å². The van der Waals surface area contributed by atoms with Crippen LogP contribution in [-0.4, -0.2) is 36.2 Å². The molecule has 1 aliphatic heterocycles. The minimum Gasteiger partial charge on any atom is -0.481 e. The van der Waals surface area contributed by atoms with Crippen LogP contribution in [0.5, 0.6) is 5.88 Å². The van der Waals surface area contributed by atoms with Crippen LogP contribution in [-0.2, 0) is 6.54 Å². The highest BCUT2D eigenvalue weighted by molar-refractivity contribution is 6.35. The molecule has 0 aliphatic carbocycles. The molecular weight excluding hydrogens is 371 g/mol. The van der Waals surface area contributed by atoms with Gasteiger partial charge < -0.3 is 15.0 Å². The molecule has 8 heteroatoms. The normalized spacial score (nSPS) is 16.8. The second kappa shape index (κ2) is 8.72. The van der Waals surface area contributed by atoms with Crippen molar-refractivity contribution in [3.8, 4) is 5.88 Å². The van der Waals surface area contributed by atoms with Gasteiger partial charge in [0.2, 0.25) is 11.8 Å². The third-order valence-electron chi connectivity index (χ3n) is 3.89. The van der Waals surface area contributed by atoms with Crippen molar-refractivity contribution in [1.29, 1.82) is 0 Å². The average Bonchev–Trinajstić information content (AvgIpc) is 3.03. The molecule has 1 saturated heterocycles. The molecule has 1 atom stereocenters. The molecule has 1 unspecified atom stereocenters. The fraction of sp³-hybridized carbons (Fsp3) is 0.375. The Morgan fingerprint density at radius 2 is 2.17 bits per heavy atom. The van der Waals surface area contributed by atoms with E-state index >= 15 is 0 Å². The maximum atomic E-state index is 6.20. The highest BCUT2D eigenvalue weighted by Crippen LogP contribution is 2.22. The van der Waals surface area contributed by atoms with Crippen molar-refractivity contribution in [2.75, 3.05) is 25.1 Å². The zero-order chi connectivity index (χ0) is 16.2. The predicted octanol–water partition coefficient (Wildman–Crippen LogP) is 3.58. The van der Waals surface area contributed by atoms with Crippen LogP contribution in [0.25, 0.3) is 0 Å². The van der Waals surface area contributed by atoms with Crippen LogP contribution in [0.3, 0.4) is 0 Å². The lowest BCUT2D eigenvalue weighted by atomic mass is 10.2. The molecule has 1 aromatic heterocycles. The van der Waals surface area contributed by atoms with Crippen LogP contribution in [0.4, 0.5) is 5.95 Å². The molecule has 0 radical (unpaired) electrons. The number of ether oxygens (including phenoxy) is 1. The van der Waals surface area contributed by atoms with Gasteiger partial charge in [-0.3, -0.25) is 0 Å². The first-order chi connectivity index (χ1) is 11.2. The van der Waals surface area contributed by atoms with Gasteiger partial charge >= 0.3 is 0 Å². The summed E-state index contributed by atoms with van der Waals surface area (Å²) in [6, 6.07) is 7.70. The molecule has 2 heterocycles. The van der Waals surface area contributed by atoms with E-state index in [-0.39, 0.29) is 12.4 Å². The number of benzene rings is 1. The molecule has 0 saturated carbocycles. The summed E-state index contributed by atoms with van der Waals surface area (Å²) in [6.07, 6.45) is 2.75. The molecule has 1 fully saturated rings. The van der Waals surface area contributed by atoms with E-state index in [4.69, 9.17) is 27.9 Å². The second-order valence-corrected chi connectivity index (χ2v) is 6.29. The van der Waals surface area contributed by atoms with Gasteiger partial charge in [0.25, 0.3) is 0 Å². The van der Waals surface area contributed by atoms with E-state index in [1.54, 1.807) is 25.4 Å². The van der Waals surface area contributed by atoms with Gasteiger partial charge in [0.05, 0.1) is 7.11 Å². The number of aromatic nitrogens is 2. The first kappa shape index (κ1) is 19.1. The van der Waals surface area contributed by atoms with Crippen molar-refractivity contribution >= 4 is 41.6 Å². The monoisotopic (exact) mass is 388 g/mol. The summed E-state index contributed by atoms with van der Waals surface area (Å²) in [4.78, 5) is 10.9. The molecule has 0 spiro atoms. The molecule has 0 amide bonds. The Morgan fingerprint density at radius 1 is 1.33 bits per heavy atom. The molecule has 130 valence electrons. The number of hydrogen-bond donors (Lipinski definition) is 1. The molecule has 3 rings (SSSR count). The molecule has 1 aromatic carbocycles. The number of halogens is 3. The number of hydrogen-bond acceptors (Lipinski definition) is 5. The van der Waals surface area contributed by atoms with Crippen LogP contribution in [0.1, 0.15) is 12.0 Å². The zero-order valence-corrected chi connectivity index (χ0v) is 15.5. The van der Waals surface area contributed by atoms with E-state index in [1.807, 2.05) is 12.1 Å². The SMILES string of the molecule is COc1ccnc(N2CCC(NCc3ccc(Cl)cc3Cl)C2)n1.Cl. The minimum atomic E-state index is 0. The van der Waals surface area contributed by atoms with Gasteiger partial charge in [-0.2, -0.15) is 4.98 Å². The number of rotatable bonds is 5. The van der Waals surface area contributed by atoms with Crippen molar-refractivity contribution in [2.45, 2.75) is 19.0 Å². The van der Waals surface area contributed by atoms with Crippen molar-refractivity contribution in [3.63, 3.8) is 0 Å². The summed E-state index contributed by atoms with van der Waals surface area (Å²) in [7, 11) is 1.61. The Balaban J connectivity index is 0.00000208. The Bertz CT molecular complexity index is 686. The van der Waals surface area contributed by atoms with Crippen molar-refractivity contribution < 1.29 is 4.74 Å². The fourth-order valence-electron chi connectivity index (χ4n) is 2.63. The molecule has 24 heavy (non-hydrogen) atoms. The number of nitrogens with one attached hydrogen (secondary N) is 1. The third-order valence-corrected chi connectivity index (χ3v) is 4.48. The Hall–Kier alpha value is -1.27. The summed E-state index contributed by atoms with van der Waals surface area (Å²) >= 11 is 12.1. The Kier molecular flexibility index (Phi) is 6.92. The van der Waals surface area contributed by atoms with Gasteiger partial charge in [-0.1, -0.05) is 29.3 Å². The second-order valence-electron chi connectivity index (χ2n) is 5.45. The van der Waals surface area contributed by atoms with Crippen molar-refractivity contribution in [3.05, 3.63) is 46.1 Å². The number of nitrogens with zero attached hydrogens (tertiary/aromatic N) is 3. The largest absolute Gasteiger partial charge is 0.481 e. The zero-order valence-electron chi connectivity index (χ0n) is 13.2. The maximum absolute atomic E-state index is 6.20. The Labute approximate surface area is 157 Å². The lowest BCUT2D eigenvalue weighted by Crippen LogP contribution is -2.32. The summed E-state index contributed by atoms with van der Waals surface area (Å²) in [5.41, 5.74) is 1.05. The average molecular weight is 390 g/mol. The van der Waals surface area contributed by atoms with Crippen molar-refractivity contribution in [1.82, 2.24) is 15.3 Å². The molecule has 5 nitrogen and oxygen atoms in total. The van der Waals surface area contributed by atoms with E-state index in [9.17, 15) is 0 Å². The highest BCUT2D eigenvalue weighted by atomic mass is 35.5. The molecule has 1 aliphatic rings. The topological polar surface area (TPSA) is 50.3 Å². The molecule has 0 bridgehead atoms. The van der Waals surface area contributed by atoms with E-state index in [0.29, 0.717) is 34.5 Å². The minimum absolute atomic E-state index is 0. The number of methoxy groups -OCH3 is 1. The van der Waals surface area contributed by atoms with Gasteiger partial charge in [0.1, 0.15) is 0 Å². The van der Waals surface area contributed by atoms with Gasteiger partial charge in [-0.15, -0.1) is 12.4 Å². The lowest BCUT2D eigenvalue weighted by Gasteiger charge is -2.17. The molecular formula is C16H19Cl3N4O. The number of anilines is 1. The quantitative estimate of drug-likeness (QED) is 0.847. The van der Waals surface area contributed by atoms with Gasteiger partial charge in [0.15, 0.2) is 0 Å². The van der Waals surface area contributed by atoms with Gasteiger partial charge in [0, 0.05) is 48.0 Å².